The summed E-state index contributed by atoms with van der Waals surface area (Å²) in [4.78, 5) is 18.1. The van der Waals surface area contributed by atoms with Crippen LogP contribution in [0.15, 0.2) is 47.5 Å². The molecule has 0 fully saturated rings. The smallest absolute Gasteiger partial charge is 0.223 e. The molecule has 1 aromatic carbocycles. The maximum Gasteiger partial charge on any atom is 0.223 e. The van der Waals surface area contributed by atoms with Gasteiger partial charge in [0.15, 0.2) is 11.5 Å². The van der Waals surface area contributed by atoms with Crippen molar-refractivity contribution in [3.05, 3.63) is 59.7 Å². The van der Waals surface area contributed by atoms with Crippen molar-refractivity contribution in [1.29, 1.82) is 0 Å². The summed E-state index contributed by atoms with van der Waals surface area (Å²) < 4.78 is 1.54. The second-order valence-corrected chi connectivity index (χ2v) is 7.02. The molecule has 8 nitrogen and oxygen atoms in total. The molecule has 4 aromatic rings. The average Bonchev–Trinajstić information content (AvgIpc) is 3.15. The van der Waals surface area contributed by atoms with Crippen LogP contribution in [0.4, 0.5) is 5.95 Å². The molecule has 0 saturated heterocycles. The van der Waals surface area contributed by atoms with Gasteiger partial charge in [-0.1, -0.05) is 30.3 Å². The normalized spacial score (nSPS) is 11.6. The Hall–Kier alpha value is -3.65. The molecule has 0 unspecified atom stereocenters. The number of anilines is 1. The first kappa shape index (κ1) is 19.7. The molecule has 3 aromatic heterocycles. The van der Waals surface area contributed by atoms with Crippen molar-refractivity contribution in [1.82, 2.24) is 24.6 Å². The Bertz CT molecular complexity index is 1200. The Morgan fingerprint density at radius 3 is 2.47 bits per heavy atom. The lowest BCUT2D eigenvalue weighted by atomic mass is 9.99. The third-order valence-electron chi connectivity index (χ3n) is 4.60. The Morgan fingerprint density at radius 2 is 1.77 bits per heavy atom. The Balaban J connectivity index is 1.97. The van der Waals surface area contributed by atoms with E-state index in [2.05, 4.69) is 20.1 Å². The third-order valence-corrected chi connectivity index (χ3v) is 4.60. The molecule has 3 heterocycles. The second kappa shape index (κ2) is 8.38. The molecule has 152 valence electrons. The van der Waals surface area contributed by atoms with Crippen LogP contribution in [0.2, 0.25) is 0 Å². The van der Waals surface area contributed by atoms with Crippen LogP contribution < -0.4 is 5.73 Å². The molecule has 0 aliphatic heterocycles. The Labute approximate surface area is 174 Å². The van der Waals surface area contributed by atoms with Gasteiger partial charge in [-0.3, -0.25) is 9.98 Å². The maximum atomic E-state index is 8.92. The highest BCUT2D eigenvalue weighted by atomic mass is 16.3. The van der Waals surface area contributed by atoms with Crippen LogP contribution in [0, 0.1) is 13.8 Å². The number of aliphatic imine (C=N–C) groups is 1. The van der Waals surface area contributed by atoms with Crippen LogP contribution in [0.1, 0.15) is 23.6 Å². The molecule has 30 heavy (non-hydrogen) atoms. The minimum absolute atomic E-state index is 0.0954. The fraction of sp³-hybridized carbons (Fsp3) is 0.227. The fourth-order valence-electron chi connectivity index (χ4n) is 3.39. The summed E-state index contributed by atoms with van der Waals surface area (Å²) in [5, 5.41) is 13.4. The predicted molar refractivity (Wildman–Crippen MR) is 117 cm³/mol. The number of pyridine rings is 1. The maximum absolute atomic E-state index is 8.92. The summed E-state index contributed by atoms with van der Waals surface area (Å²) in [5.74, 6) is 0.688. The Kier molecular flexibility index (Phi) is 5.49. The zero-order chi connectivity index (χ0) is 21.1. The average molecular weight is 401 g/mol. The topological polar surface area (TPSA) is 115 Å². The molecule has 4 rings (SSSR count). The number of hydrogen-bond acceptors (Lipinski definition) is 7. The number of aliphatic hydroxyl groups excluding tert-OH is 1. The van der Waals surface area contributed by atoms with E-state index in [1.165, 1.54) is 0 Å². The van der Waals surface area contributed by atoms with Gasteiger partial charge in [-0.15, -0.1) is 5.10 Å². The lowest BCUT2D eigenvalue weighted by Crippen LogP contribution is -2.06. The monoisotopic (exact) mass is 401 g/mol. The van der Waals surface area contributed by atoms with Crippen LogP contribution in [0.25, 0.3) is 28.0 Å². The van der Waals surface area contributed by atoms with Gasteiger partial charge >= 0.3 is 0 Å². The Morgan fingerprint density at radius 1 is 1.03 bits per heavy atom. The summed E-state index contributed by atoms with van der Waals surface area (Å²) >= 11 is 0. The van der Waals surface area contributed by atoms with Crippen LogP contribution >= 0.6 is 0 Å². The summed E-state index contributed by atoms with van der Waals surface area (Å²) in [7, 11) is 0. The number of nitrogen functional groups attached to an aromatic ring is 1. The highest BCUT2D eigenvalue weighted by molar-refractivity contribution is 5.91. The summed E-state index contributed by atoms with van der Waals surface area (Å²) in [5.41, 5.74) is 12.1. The van der Waals surface area contributed by atoms with Gasteiger partial charge < -0.3 is 10.8 Å². The molecule has 8 heteroatoms. The molecular formula is C22H23N7O. The molecule has 0 amide bonds. The van der Waals surface area contributed by atoms with Gasteiger partial charge in [0, 0.05) is 30.1 Å². The van der Waals surface area contributed by atoms with E-state index in [4.69, 9.17) is 15.8 Å². The van der Waals surface area contributed by atoms with E-state index in [1.807, 2.05) is 56.3 Å². The zero-order valence-electron chi connectivity index (χ0n) is 16.9. The molecule has 0 spiro atoms. The van der Waals surface area contributed by atoms with Gasteiger partial charge in [-0.2, -0.15) is 4.52 Å². The highest BCUT2D eigenvalue weighted by Crippen LogP contribution is 2.35. The minimum Gasteiger partial charge on any atom is -0.396 e. The molecule has 0 atom stereocenters. The van der Waals surface area contributed by atoms with Gasteiger partial charge in [0.2, 0.25) is 5.95 Å². The van der Waals surface area contributed by atoms with Crippen molar-refractivity contribution < 1.29 is 5.11 Å². The van der Waals surface area contributed by atoms with Gasteiger partial charge in [0.25, 0.3) is 0 Å². The number of aliphatic hydroxyl groups is 1. The molecule has 0 radical (unpaired) electrons. The van der Waals surface area contributed by atoms with Crippen LogP contribution in [0.3, 0.4) is 0 Å². The van der Waals surface area contributed by atoms with Crippen molar-refractivity contribution in [3.63, 3.8) is 0 Å². The molecular weight excluding hydrogens is 378 g/mol. The van der Waals surface area contributed by atoms with E-state index in [-0.39, 0.29) is 12.6 Å². The van der Waals surface area contributed by atoms with E-state index >= 15 is 0 Å². The number of rotatable bonds is 6. The first-order valence-electron chi connectivity index (χ1n) is 9.75. The summed E-state index contributed by atoms with van der Waals surface area (Å²) in [6.07, 6.45) is 2.18. The van der Waals surface area contributed by atoms with E-state index in [1.54, 1.807) is 10.7 Å². The van der Waals surface area contributed by atoms with Crippen molar-refractivity contribution >= 4 is 17.8 Å². The van der Waals surface area contributed by atoms with Crippen LogP contribution in [-0.4, -0.2) is 49.0 Å². The van der Waals surface area contributed by atoms with E-state index < -0.39 is 0 Å². The summed E-state index contributed by atoms with van der Waals surface area (Å²) in [6.45, 7) is 4.52. The van der Waals surface area contributed by atoms with Gasteiger partial charge in [-0.25, -0.2) is 9.97 Å². The van der Waals surface area contributed by atoms with Crippen LogP contribution in [-0.2, 0) is 0 Å². The van der Waals surface area contributed by atoms with Gasteiger partial charge in [0.1, 0.15) is 0 Å². The first-order chi connectivity index (χ1) is 14.6. The highest BCUT2D eigenvalue weighted by Gasteiger charge is 2.20. The zero-order valence-corrected chi connectivity index (χ0v) is 16.9. The number of aryl methyl sites for hydroxylation is 2. The lowest BCUT2D eigenvalue weighted by Gasteiger charge is -2.13. The first-order valence-corrected chi connectivity index (χ1v) is 9.75. The molecule has 0 bridgehead atoms. The standard InChI is InChI=1S/C22H23N7O/c1-14-11-17(12-15(2)25-14)19-20(16-7-4-3-5-8-16)27-22(23)29-21(19)26-18(28-29)13-24-9-6-10-30/h3-5,7-8,11-13,30H,6,9-10H2,1-2H3,(H2,23,27). The molecule has 0 saturated carbocycles. The number of nitrogens with two attached hydrogens (primary N) is 1. The van der Waals surface area contributed by atoms with E-state index in [9.17, 15) is 0 Å². The largest absolute Gasteiger partial charge is 0.396 e. The molecule has 0 aliphatic carbocycles. The number of benzene rings is 1. The molecule has 3 N–H and O–H groups in total. The van der Waals surface area contributed by atoms with Crippen LogP contribution in [0.5, 0.6) is 0 Å². The minimum atomic E-state index is 0.0954. The van der Waals surface area contributed by atoms with Gasteiger partial charge in [-0.05, 0) is 38.0 Å². The number of hydrogen-bond donors (Lipinski definition) is 2. The number of nitrogens with zero attached hydrogens (tertiary/aromatic N) is 6. The lowest BCUT2D eigenvalue weighted by molar-refractivity contribution is 0.291. The van der Waals surface area contributed by atoms with Crippen molar-refractivity contribution in [2.45, 2.75) is 20.3 Å². The second-order valence-electron chi connectivity index (χ2n) is 7.02. The quantitative estimate of drug-likeness (QED) is 0.379. The predicted octanol–water partition coefficient (Wildman–Crippen LogP) is 2.85. The van der Waals surface area contributed by atoms with Crippen molar-refractivity contribution in [3.8, 4) is 22.4 Å². The van der Waals surface area contributed by atoms with Crippen molar-refractivity contribution in [2.75, 3.05) is 18.9 Å². The summed E-state index contributed by atoms with van der Waals surface area (Å²) in [6, 6.07) is 13.9. The number of aromatic nitrogens is 5. The van der Waals surface area contributed by atoms with Crippen molar-refractivity contribution in [2.24, 2.45) is 4.99 Å². The number of fused-ring (bicyclic) bond motifs is 1. The van der Waals surface area contributed by atoms with Gasteiger partial charge in [0.05, 0.1) is 17.5 Å². The third kappa shape index (κ3) is 3.90. The van der Waals surface area contributed by atoms with E-state index in [0.717, 1.165) is 33.8 Å². The van der Waals surface area contributed by atoms with E-state index in [0.29, 0.717) is 24.4 Å². The SMILES string of the molecule is Cc1cc(-c2c(-c3ccccc3)nc(N)n3nc(C=NCCCO)nc23)cc(C)n1. The fourth-order valence-corrected chi connectivity index (χ4v) is 3.39. The molecule has 0 aliphatic rings.